The Labute approximate surface area is 206 Å². The van der Waals surface area contributed by atoms with Crippen LogP contribution in [0.2, 0.25) is 0 Å². The number of aromatic amines is 1. The van der Waals surface area contributed by atoms with E-state index in [0.29, 0.717) is 24.1 Å². The number of nitrogens with zero attached hydrogens (tertiary/aromatic N) is 1. The molecule has 0 fully saturated rings. The minimum atomic E-state index is -5.01. The minimum absolute atomic E-state index is 0.0506. The number of benzene rings is 3. The lowest BCUT2D eigenvalue weighted by Crippen LogP contribution is -2.34. The Morgan fingerprint density at radius 2 is 1.38 bits per heavy atom. The van der Waals surface area contributed by atoms with Crippen molar-refractivity contribution in [3.63, 3.8) is 0 Å². The van der Waals surface area contributed by atoms with Crippen molar-refractivity contribution in [3.8, 4) is 17.3 Å². The molecule has 10 heteroatoms. The van der Waals surface area contributed by atoms with Gasteiger partial charge in [-0.3, -0.25) is 4.79 Å². The van der Waals surface area contributed by atoms with Gasteiger partial charge in [0.2, 0.25) is 5.88 Å². The van der Waals surface area contributed by atoms with Gasteiger partial charge < -0.3 is 9.72 Å². The SMILES string of the molecule is O=C1Oc2[nH]c(-c3cc(C(F)(F)F)cc(C(F)(F)F)c3)nc2[C@H](c2ccccc2)[C@@H]1Cc1ccccc1. The van der Waals surface area contributed by atoms with Crippen molar-refractivity contribution in [2.45, 2.75) is 24.7 Å². The van der Waals surface area contributed by atoms with Crippen LogP contribution in [0.3, 0.4) is 0 Å². The van der Waals surface area contributed by atoms with Crippen LogP contribution in [-0.2, 0) is 23.6 Å². The first kappa shape index (κ1) is 24.6. The number of carbonyl (C=O) groups is 1. The first-order valence-electron chi connectivity index (χ1n) is 11.2. The summed E-state index contributed by atoms with van der Waals surface area (Å²) in [6.45, 7) is 0. The molecule has 2 heterocycles. The van der Waals surface area contributed by atoms with Crippen LogP contribution in [0.5, 0.6) is 5.88 Å². The normalized spacial score (nSPS) is 17.8. The Bertz CT molecular complexity index is 1400. The van der Waals surface area contributed by atoms with Gasteiger partial charge in [0.25, 0.3) is 0 Å². The van der Waals surface area contributed by atoms with E-state index < -0.39 is 46.8 Å². The summed E-state index contributed by atoms with van der Waals surface area (Å²) in [5.41, 5.74) is -1.57. The highest BCUT2D eigenvalue weighted by atomic mass is 19.4. The smallest absolute Gasteiger partial charge is 0.407 e. The van der Waals surface area contributed by atoms with Crippen LogP contribution in [0.4, 0.5) is 26.3 Å². The van der Waals surface area contributed by atoms with Crippen LogP contribution >= 0.6 is 0 Å². The Morgan fingerprint density at radius 1 is 0.811 bits per heavy atom. The quantitative estimate of drug-likeness (QED) is 0.234. The zero-order chi connectivity index (χ0) is 26.4. The molecule has 0 unspecified atom stereocenters. The standard InChI is InChI=1S/C27H18F6N2O2/c28-26(29,30)18-12-17(13-19(14-18)27(31,32)33)23-34-22-21(16-9-5-2-6-10-16)20(25(36)37-24(22)35-23)11-15-7-3-1-4-8-15/h1-10,12-14,20-21H,11H2,(H,34,35)/t20-,21+/m0/s1. The molecular formula is C27H18F6N2O2. The number of rotatable bonds is 4. The molecule has 1 aliphatic heterocycles. The summed E-state index contributed by atoms with van der Waals surface area (Å²) in [6.07, 6.45) is -9.73. The fourth-order valence-corrected chi connectivity index (χ4v) is 4.51. The zero-order valence-corrected chi connectivity index (χ0v) is 18.9. The van der Waals surface area contributed by atoms with Gasteiger partial charge in [-0.1, -0.05) is 60.7 Å². The molecule has 4 nitrogen and oxygen atoms in total. The molecule has 0 bridgehead atoms. The maximum absolute atomic E-state index is 13.4. The highest BCUT2D eigenvalue weighted by molar-refractivity contribution is 5.80. The fourth-order valence-electron chi connectivity index (χ4n) is 4.51. The van der Waals surface area contributed by atoms with Crippen molar-refractivity contribution in [1.82, 2.24) is 9.97 Å². The second-order valence-corrected chi connectivity index (χ2v) is 8.70. The van der Waals surface area contributed by atoms with Crippen LogP contribution < -0.4 is 4.74 Å². The summed E-state index contributed by atoms with van der Waals surface area (Å²) in [4.78, 5) is 20.1. The molecule has 4 aromatic rings. The number of nitrogens with one attached hydrogen (secondary N) is 1. The predicted octanol–water partition coefficient (Wildman–Crippen LogP) is 7.02. The van der Waals surface area contributed by atoms with Gasteiger partial charge in [0.1, 0.15) is 11.5 Å². The van der Waals surface area contributed by atoms with E-state index in [0.717, 1.165) is 5.56 Å². The largest absolute Gasteiger partial charge is 0.416 e. The third-order valence-electron chi connectivity index (χ3n) is 6.22. The highest BCUT2D eigenvalue weighted by Crippen LogP contribution is 2.44. The van der Waals surface area contributed by atoms with E-state index in [9.17, 15) is 31.1 Å². The van der Waals surface area contributed by atoms with Crippen LogP contribution in [0, 0.1) is 5.92 Å². The van der Waals surface area contributed by atoms with Crippen molar-refractivity contribution in [2.75, 3.05) is 0 Å². The summed E-state index contributed by atoms with van der Waals surface area (Å²) in [6, 6.07) is 19.3. The molecule has 0 aliphatic carbocycles. The number of carbonyl (C=O) groups excluding carboxylic acids is 1. The van der Waals surface area contributed by atoms with Crippen LogP contribution in [0.1, 0.15) is 33.9 Å². The number of ether oxygens (including phenoxy) is 1. The molecule has 0 radical (unpaired) electrons. The molecule has 3 aromatic carbocycles. The number of aromatic nitrogens is 2. The molecule has 37 heavy (non-hydrogen) atoms. The van der Waals surface area contributed by atoms with Gasteiger partial charge in [-0.2, -0.15) is 26.3 Å². The number of hydrogen-bond donors (Lipinski definition) is 1. The van der Waals surface area contributed by atoms with Gasteiger partial charge in [-0.05, 0) is 35.7 Å². The lowest BCUT2D eigenvalue weighted by atomic mass is 9.79. The molecule has 5 rings (SSSR count). The van der Waals surface area contributed by atoms with Crippen molar-refractivity contribution in [1.29, 1.82) is 0 Å². The first-order chi connectivity index (χ1) is 17.5. The monoisotopic (exact) mass is 516 g/mol. The third kappa shape index (κ3) is 4.96. The predicted molar refractivity (Wildman–Crippen MR) is 122 cm³/mol. The van der Waals surface area contributed by atoms with E-state index in [1.54, 1.807) is 30.3 Å². The lowest BCUT2D eigenvalue weighted by Gasteiger charge is -2.29. The van der Waals surface area contributed by atoms with E-state index >= 15 is 0 Å². The number of halogens is 6. The highest BCUT2D eigenvalue weighted by Gasteiger charge is 2.42. The van der Waals surface area contributed by atoms with Crippen LogP contribution in [-0.4, -0.2) is 15.9 Å². The third-order valence-corrected chi connectivity index (χ3v) is 6.22. The molecule has 1 aromatic heterocycles. The number of esters is 1. The summed E-state index contributed by atoms with van der Waals surface area (Å²) >= 11 is 0. The molecule has 190 valence electrons. The first-order valence-corrected chi connectivity index (χ1v) is 11.2. The summed E-state index contributed by atoms with van der Waals surface area (Å²) in [5.74, 6) is -2.32. The van der Waals surface area contributed by atoms with Crippen LogP contribution in [0.15, 0.2) is 78.9 Å². The molecule has 1 aliphatic rings. The van der Waals surface area contributed by atoms with Gasteiger partial charge in [0.05, 0.1) is 17.0 Å². The second kappa shape index (κ2) is 9.10. The number of fused-ring (bicyclic) bond motifs is 1. The Morgan fingerprint density at radius 3 is 1.95 bits per heavy atom. The molecule has 2 atom stereocenters. The van der Waals surface area contributed by atoms with Gasteiger partial charge in [-0.15, -0.1) is 0 Å². The van der Waals surface area contributed by atoms with E-state index in [4.69, 9.17) is 4.74 Å². The number of imidazole rings is 1. The van der Waals surface area contributed by atoms with Crippen molar-refractivity contribution in [3.05, 3.63) is 107 Å². The average Bonchev–Trinajstić information content (AvgIpc) is 3.28. The van der Waals surface area contributed by atoms with Gasteiger partial charge in [-0.25, -0.2) is 4.98 Å². The van der Waals surface area contributed by atoms with E-state index in [-0.39, 0.29) is 23.5 Å². The maximum Gasteiger partial charge on any atom is 0.416 e. The van der Waals surface area contributed by atoms with E-state index in [1.165, 1.54) is 0 Å². The van der Waals surface area contributed by atoms with E-state index in [1.807, 2.05) is 30.3 Å². The number of H-pyrrole nitrogens is 1. The lowest BCUT2D eigenvalue weighted by molar-refractivity contribution is -0.143. The van der Waals surface area contributed by atoms with E-state index in [2.05, 4.69) is 9.97 Å². The molecular weight excluding hydrogens is 498 g/mol. The minimum Gasteiger partial charge on any atom is -0.407 e. The number of alkyl halides is 6. The summed E-state index contributed by atoms with van der Waals surface area (Å²) < 4.78 is 85.9. The molecule has 0 amide bonds. The summed E-state index contributed by atoms with van der Waals surface area (Å²) in [7, 11) is 0. The van der Waals surface area contributed by atoms with Crippen molar-refractivity contribution >= 4 is 5.97 Å². The Hall–Kier alpha value is -4.08. The second-order valence-electron chi connectivity index (χ2n) is 8.70. The molecule has 1 N–H and O–H groups in total. The van der Waals surface area contributed by atoms with Crippen LogP contribution in [0.25, 0.3) is 11.4 Å². The summed E-state index contributed by atoms with van der Waals surface area (Å²) in [5, 5.41) is 0. The molecule has 0 spiro atoms. The topological polar surface area (TPSA) is 55.0 Å². The molecule has 0 saturated carbocycles. The zero-order valence-electron chi connectivity index (χ0n) is 18.9. The number of hydrogen-bond acceptors (Lipinski definition) is 3. The molecule has 0 saturated heterocycles. The Balaban J connectivity index is 1.64. The van der Waals surface area contributed by atoms with Gasteiger partial charge >= 0.3 is 18.3 Å². The fraction of sp³-hybridized carbons (Fsp3) is 0.185. The maximum atomic E-state index is 13.4. The van der Waals surface area contributed by atoms with Crippen molar-refractivity contribution < 1.29 is 35.9 Å². The van der Waals surface area contributed by atoms with Crippen molar-refractivity contribution in [2.24, 2.45) is 5.92 Å². The Kier molecular flexibility index (Phi) is 6.05. The van der Waals surface area contributed by atoms with Gasteiger partial charge in [0, 0.05) is 11.5 Å². The van der Waals surface area contributed by atoms with Gasteiger partial charge in [0.15, 0.2) is 0 Å². The average molecular weight is 516 g/mol.